The maximum atomic E-state index is 13.0. The lowest BCUT2D eigenvalue weighted by Gasteiger charge is -2.19. The highest BCUT2D eigenvalue weighted by Crippen LogP contribution is 2.30. The van der Waals surface area contributed by atoms with Gasteiger partial charge >= 0.3 is 0 Å². The van der Waals surface area contributed by atoms with Gasteiger partial charge in [-0.05, 0) is 24.6 Å². The second-order valence-electron chi connectivity index (χ2n) is 5.59. The van der Waals surface area contributed by atoms with Crippen LogP contribution >= 0.6 is 11.8 Å². The normalized spacial score (nSPS) is 11.8. The third-order valence-corrected chi connectivity index (χ3v) is 6.34. The molecule has 0 fully saturated rings. The molecule has 0 unspecified atom stereocenters. The predicted octanol–water partition coefficient (Wildman–Crippen LogP) is 4.45. The first-order valence-corrected chi connectivity index (χ1v) is 10.4. The van der Waals surface area contributed by atoms with Crippen molar-refractivity contribution in [3.8, 4) is 0 Å². The van der Waals surface area contributed by atoms with Crippen LogP contribution in [0.15, 0.2) is 78.3 Å². The van der Waals surface area contributed by atoms with Gasteiger partial charge < -0.3 is 0 Å². The summed E-state index contributed by atoms with van der Waals surface area (Å²) in [6.45, 7) is 6.81. The van der Waals surface area contributed by atoms with E-state index in [-0.39, 0.29) is 4.90 Å². The van der Waals surface area contributed by atoms with Crippen molar-refractivity contribution in [3.63, 3.8) is 0 Å². The Morgan fingerprint density at radius 1 is 1.12 bits per heavy atom. The average molecular weight is 388 g/mol. The predicted molar refractivity (Wildman–Crippen MR) is 108 cm³/mol. The van der Waals surface area contributed by atoms with Crippen LogP contribution in [0.3, 0.4) is 0 Å². The number of sulfonamides is 1. The first kappa shape index (κ1) is 20.0. The van der Waals surface area contributed by atoms with Crippen molar-refractivity contribution < 1.29 is 13.2 Å². The number of carbonyl (C=O) groups excluding carboxylic acids is 1. The zero-order chi connectivity index (χ0) is 19.2. The quantitative estimate of drug-likeness (QED) is 0.659. The number of benzene rings is 2. The minimum Gasteiger partial charge on any atom is -0.274 e. The van der Waals surface area contributed by atoms with Crippen molar-refractivity contribution in [3.05, 3.63) is 84.6 Å². The molecule has 0 aliphatic rings. The van der Waals surface area contributed by atoms with Gasteiger partial charge in [0.2, 0.25) is 5.91 Å². The van der Waals surface area contributed by atoms with Crippen LogP contribution in [0.25, 0.3) is 4.91 Å². The van der Waals surface area contributed by atoms with Gasteiger partial charge in [-0.25, -0.2) is 12.7 Å². The summed E-state index contributed by atoms with van der Waals surface area (Å²) >= 11 is 1.42. The molecule has 0 atom stereocenters. The maximum absolute atomic E-state index is 13.0. The first-order chi connectivity index (χ1) is 12.4. The summed E-state index contributed by atoms with van der Waals surface area (Å²) in [7, 11) is -3.98. The highest BCUT2D eigenvalue weighted by Gasteiger charge is 2.26. The number of carbonyl (C=O) groups is 1. The molecule has 0 saturated heterocycles. The van der Waals surface area contributed by atoms with Crippen molar-refractivity contribution in [1.29, 1.82) is 0 Å². The zero-order valence-corrected chi connectivity index (χ0v) is 16.4. The van der Waals surface area contributed by atoms with Crippen LogP contribution in [0.2, 0.25) is 0 Å². The van der Waals surface area contributed by atoms with Crippen molar-refractivity contribution in [2.75, 3.05) is 5.75 Å². The van der Waals surface area contributed by atoms with Gasteiger partial charge in [-0.1, -0.05) is 54.1 Å². The fourth-order valence-electron chi connectivity index (χ4n) is 2.21. The Morgan fingerprint density at radius 3 is 2.27 bits per heavy atom. The van der Waals surface area contributed by atoms with Gasteiger partial charge in [-0.3, -0.25) is 4.79 Å². The molecule has 0 spiro atoms. The van der Waals surface area contributed by atoms with E-state index in [9.17, 15) is 13.2 Å². The second kappa shape index (κ2) is 8.87. The molecule has 0 saturated carbocycles. The lowest BCUT2D eigenvalue weighted by atomic mass is 10.2. The molecule has 2 rings (SSSR count). The second-order valence-corrected chi connectivity index (χ2v) is 8.47. The van der Waals surface area contributed by atoms with Gasteiger partial charge in [0, 0.05) is 23.8 Å². The number of amides is 1. The van der Waals surface area contributed by atoms with Crippen LogP contribution in [-0.2, 0) is 14.8 Å². The van der Waals surface area contributed by atoms with Gasteiger partial charge in [0.05, 0.1) is 4.90 Å². The Morgan fingerprint density at radius 2 is 1.73 bits per heavy atom. The fraction of sp³-hybridized carbons (Fsp3) is 0.150. The van der Waals surface area contributed by atoms with Crippen molar-refractivity contribution in [2.24, 2.45) is 0 Å². The summed E-state index contributed by atoms with van der Waals surface area (Å²) in [6, 6.07) is 15.8. The summed E-state index contributed by atoms with van der Waals surface area (Å²) in [4.78, 5) is 12.9. The molecule has 0 aliphatic heterocycles. The molecule has 6 heteroatoms. The smallest absolute Gasteiger partial charge is 0.270 e. The van der Waals surface area contributed by atoms with E-state index < -0.39 is 15.9 Å². The third kappa shape index (κ3) is 4.86. The summed E-state index contributed by atoms with van der Waals surface area (Å²) < 4.78 is 26.7. The molecule has 0 heterocycles. The molecule has 0 aliphatic carbocycles. The molecule has 4 nitrogen and oxygen atoms in total. The van der Waals surface area contributed by atoms with E-state index in [0.29, 0.717) is 10.7 Å². The van der Waals surface area contributed by atoms with E-state index in [1.165, 1.54) is 37.0 Å². The van der Waals surface area contributed by atoms with Crippen LogP contribution in [0, 0.1) is 6.92 Å². The molecule has 2 aromatic rings. The van der Waals surface area contributed by atoms with Crippen molar-refractivity contribution in [2.45, 2.75) is 18.7 Å². The topological polar surface area (TPSA) is 54.5 Å². The average Bonchev–Trinajstić information content (AvgIpc) is 2.62. The van der Waals surface area contributed by atoms with Crippen LogP contribution in [0.4, 0.5) is 0 Å². The van der Waals surface area contributed by atoms with E-state index in [1.54, 1.807) is 18.2 Å². The minimum atomic E-state index is -3.98. The third-order valence-electron chi connectivity index (χ3n) is 3.54. The lowest BCUT2D eigenvalue weighted by Crippen LogP contribution is -2.30. The van der Waals surface area contributed by atoms with E-state index in [4.69, 9.17) is 0 Å². The van der Waals surface area contributed by atoms with Gasteiger partial charge in [0.25, 0.3) is 10.0 Å². The monoisotopic (exact) mass is 387 g/mol. The largest absolute Gasteiger partial charge is 0.274 e. The Balaban J connectivity index is 2.52. The Hall–Kier alpha value is -2.31. The number of rotatable bonds is 7. The highest BCUT2D eigenvalue weighted by atomic mass is 32.2. The van der Waals surface area contributed by atoms with Crippen molar-refractivity contribution >= 4 is 32.6 Å². The standard InChI is InChI=1S/C20H21NO3S2/c1-4-14-25-20(18-8-6-5-7-9-18)15-21(17(3)22)26(23,24)19-12-10-16(2)11-13-19/h4-13,15H,1,14H2,2-3H3/b20-15-. The SMILES string of the molecule is C=CCS/C(=C\N(C(C)=O)S(=O)(=O)c1ccc(C)cc1)c1ccccc1. The van der Waals surface area contributed by atoms with Crippen molar-refractivity contribution in [1.82, 2.24) is 4.31 Å². The summed E-state index contributed by atoms with van der Waals surface area (Å²) in [5.41, 5.74) is 1.78. The Labute approximate surface area is 159 Å². The molecule has 0 bridgehead atoms. The molecule has 0 aromatic heterocycles. The molecular formula is C20H21NO3S2. The molecular weight excluding hydrogens is 366 g/mol. The Bertz CT molecular complexity index is 902. The van der Waals surface area contributed by atoms with Gasteiger partial charge in [-0.15, -0.1) is 18.3 Å². The van der Waals surface area contributed by atoms with Crippen LogP contribution in [0.1, 0.15) is 18.1 Å². The summed E-state index contributed by atoms with van der Waals surface area (Å²) in [5, 5.41) is 0. The summed E-state index contributed by atoms with van der Waals surface area (Å²) in [5.74, 6) is 0.0232. The minimum absolute atomic E-state index is 0.0793. The lowest BCUT2D eigenvalue weighted by molar-refractivity contribution is -0.122. The van der Waals surface area contributed by atoms with E-state index in [0.717, 1.165) is 15.4 Å². The number of thioether (sulfide) groups is 1. The molecule has 1 amide bonds. The number of hydrogen-bond donors (Lipinski definition) is 0. The molecule has 0 radical (unpaired) electrons. The van der Waals surface area contributed by atoms with Gasteiger partial charge in [-0.2, -0.15) is 0 Å². The number of nitrogens with zero attached hydrogens (tertiary/aromatic N) is 1. The molecule has 2 aromatic carbocycles. The van der Waals surface area contributed by atoms with E-state index in [1.807, 2.05) is 37.3 Å². The van der Waals surface area contributed by atoms with Crippen LogP contribution < -0.4 is 0 Å². The number of aryl methyl sites for hydroxylation is 1. The number of hydrogen-bond acceptors (Lipinski definition) is 4. The molecule has 136 valence electrons. The van der Waals surface area contributed by atoms with E-state index >= 15 is 0 Å². The summed E-state index contributed by atoms with van der Waals surface area (Å²) in [6.07, 6.45) is 3.12. The molecule has 0 N–H and O–H groups in total. The highest BCUT2D eigenvalue weighted by molar-refractivity contribution is 8.08. The maximum Gasteiger partial charge on any atom is 0.270 e. The Kier molecular flexibility index (Phi) is 6.83. The fourth-order valence-corrected chi connectivity index (χ4v) is 4.34. The van der Waals surface area contributed by atoms with Gasteiger partial charge in [0.15, 0.2) is 0 Å². The van der Waals surface area contributed by atoms with Crippen LogP contribution in [0.5, 0.6) is 0 Å². The molecule has 26 heavy (non-hydrogen) atoms. The van der Waals surface area contributed by atoms with E-state index in [2.05, 4.69) is 6.58 Å². The zero-order valence-electron chi connectivity index (χ0n) is 14.8. The first-order valence-electron chi connectivity index (χ1n) is 7.99. The van der Waals surface area contributed by atoms with Crippen LogP contribution in [-0.4, -0.2) is 24.4 Å². The van der Waals surface area contributed by atoms with Gasteiger partial charge in [0.1, 0.15) is 0 Å².